The minimum Gasteiger partial charge on any atom is -0.391 e. The van der Waals surface area contributed by atoms with E-state index in [9.17, 15) is 18.3 Å². The van der Waals surface area contributed by atoms with E-state index in [0.717, 1.165) is 32.1 Å². The summed E-state index contributed by atoms with van der Waals surface area (Å²) in [5.74, 6) is -0.0519. The quantitative estimate of drug-likeness (QED) is 0.752. The molecule has 25 heavy (non-hydrogen) atoms. The molecule has 0 radical (unpaired) electrons. The summed E-state index contributed by atoms with van der Waals surface area (Å²) in [6, 6.07) is -0.0789. The van der Waals surface area contributed by atoms with Gasteiger partial charge >= 0.3 is 0 Å². The lowest BCUT2D eigenvalue weighted by molar-refractivity contribution is -0.143. The van der Waals surface area contributed by atoms with Crippen LogP contribution >= 0.6 is 0 Å². The first-order chi connectivity index (χ1) is 11.8. The summed E-state index contributed by atoms with van der Waals surface area (Å²) < 4.78 is 27.1. The van der Waals surface area contributed by atoms with Crippen molar-refractivity contribution in [1.29, 1.82) is 0 Å². The van der Waals surface area contributed by atoms with E-state index in [1.54, 1.807) is 0 Å². The second kappa shape index (κ2) is 8.79. The van der Waals surface area contributed by atoms with E-state index in [4.69, 9.17) is 0 Å². The van der Waals surface area contributed by atoms with Crippen molar-refractivity contribution in [2.45, 2.75) is 64.0 Å². The van der Waals surface area contributed by atoms with Crippen molar-refractivity contribution in [3.63, 3.8) is 0 Å². The number of nitrogens with zero attached hydrogens (tertiary/aromatic N) is 3. The Labute approximate surface area is 152 Å². The van der Waals surface area contributed by atoms with Crippen LogP contribution in [0.15, 0.2) is 0 Å². The topological polar surface area (TPSA) is 81.2 Å². The number of aliphatic hydroxyl groups excluding tert-OH is 1. The summed E-state index contributed by atoms with van der Waals surface area (Å²) in [6.07, 6.45) is 5.23. The Bertz CT molecular complexity index is 544. The molecule has 2 atom stereocenters. The summed E-state index contributed by atoms with van der Waals surface area (Å²) >= 11 is 0. The fraction of sp³-hybridized carbons (Fsp3) is 0.941. The lowest BCUT2D eigenvalue weighted by Crippen LogP contribution is -2.53. The zero-order valence-electron chi connectivity index (χ0n) is 15.7. The lowest BCUT2D eigenvalue weighted by atomic mass is 9.89. The van der Waals surface area contributed by atoms with Gasteiger partial charge in [-0.15, -0.1) is 0 Å². The van der Waals surface area contributed by atoms with Gasteiger partial charge in [0.05, 0.1) is 12.1 Å². The normalized spacial score (nSPS) is 26.8. The number of carbonyl (C=O) groups excluding carboxylic acids is 1. The number of rotatable bonds is 6. The van der Waals surface area contributed by atoms with Gasteiger partial charge in [-0.1, -0.05) is 19.8 Å². The molecule has 1 saturated carbocycles. The molecule has 0 spiro atoms. The fourth-order valence-corrected chi connectivity index (χ4v) is 5.07. The predicted molar refractivity (Wildman–Crippen MR) is 97.2 cm³/mol. The number of hydrogen-bond donors (Lipinski definition) is 1. The Hall–Kier alpha value is -0.700. The van der Waals surface area contributed by atoms with Crippen molar-refractivity contribution in [2.75, 3.05) is 33.7 Å². The third kappa shape index (κ3) is 4.72. The van der Waals surface area contributed by atoms with Gasteiger partial charge in [0.2, 0.25) is 5.91 Å². The Kier molecular flexibility index (Phi) is 7.25. The van der Waals surface area contributed by atoms with Crippen LogP contribution in [0.4, 0.5) is 0 Å². The molecule has 0 aromatic carbocycles. The first kappa shape index (κ1) is 20.6. The predicted octanol–water partition coefficient (Wildman–Crippen LogP) is 1.05. The third-order valence-corrected chi connectivity index (χ3v) is 7.37. The molecule has 0 bridgehead atoms. The molecule has 2 aliphatic rings. The second-order valence-corrected chi connectivity index (χ2v) is 9.56. The summed E-state index contributed by atoms with van der Waals surface area (Å²) in [4.78, 5) is 14.9. The van der Waals surface area contributed by atoms with Crippen molar-refractivity contribution in [3.05, 3.63) is 0 Å². The number of hydrogen-bond acceptors (Lipinski definition) is 4. The van der Waals surface area contributed by atoms with E-state index in [-0.39, 0.29) is 17.9 Å². The van der Waals surface area contributed by atoms with Crippen LogP contribution in [0.25, 0.3) is 0 Å². The molecule has 0 unspecified atom stereocenters. The first-order valence-corrected chi connectivity index (χ1v) is 10.8. The maximum absolute atomic E-state index is 13.1. The van der Waals surface area contributed by atoms with Crippen molar-refractivity contribution >= 4 is 16.1 Å². The van der Waals surface area contributed by atoms with Gasteiger partial charge in [0.15, 0.2) is 0 Å². The van der Waals surface area contributed by atoms with Gasteiger partial charge < -0.3 is 10.0 Å². The molecule has 8 heteroatoms. The van der Waals surface area contributed by atoms with Crippen LogP contribution in [0.3, 0.4) is 0 Å². The molecular formula is C17H33N3O4S. The third-order valence-electron chi connectivity index (χ3n) is 5.43. The van der Waals surface area contributed by atoms with Gasteiger partial charge in [0.25, 0.3) is 10.2 Å². The summed E-state index contributed by atoms with van der Waals surface area (Å²) in [5.41, 5.74) is 0. The largest absolute Gasteiger partial charge is 0.391 e. The SMILES string of the molecule is CCCN(C(=O)C1CCN(S(=O)(=O)N(C)C)CC1)[C@H]1CCCC[C@@H]1O. The van der Waals surface area contributed by atoms with E-state index >= 15 is 0 Å². The molecule has 1 heterocycles. The van der Waals surface area contributed by atoms with E-state index in [0.29, 0.717) is 32.5 Å². The smallest absolute Gasteiger partial charge is 0.281 e. The van der Waals surface area contributed by atoms with Gasteiger partial charge in [-0.25, -0.2) is 0 Å². The van der Waals surface area contributed by atoms with Crippen LogP contribution in [-0.2, 0) is 15.0 Å². The second-order valence-electron chi connectivity index (χ2n) is 7.41. The van der Waals surface area contributed by atoms with Gasteiger partial charge in [-0.05, 0) is 32.1 Å². The van der Waals surface area contributed by atoms with Crippen LogP contribution in [0.5, 0.6) is 0 Å². The number of amides is 1. The summed E-state index contributed by atoms with van der Waals surface area (Å²) in [5, 5.41) is 10.3. The van der Waals surface area contributed by atoms with Crippen molar-refractivity contribution < 1.29 is 18.3 Å². The van der Waals surface area contributed by atoms with Crippen LogP contribution < -0.4 is 0 Å². The Morgan fingerprint density at radius 1 is 1.12 bits per heavy atom. The molecule has 1 aliphatic heterocycles. The van der Waals surface area contributed by atoms with Crippen LogP contribution in [0.1, 0.15) is 51.9 Å². The molecule has 1 amide bonds. The van der Waals surface area contributed by atoms with Crippen molar-refractivity contribution in [1.82, 2.24) is 13.5 Å². The average molecular weight is 376 g/mol. The van der Waals surface area contributed by atoms with E-state index in [2.05, 4.69) is 0 Å². The number of carbonyl (C=O) groups is 1. The monoisotopic (exact) mass is 375 g/mol. The first-order valence-electron chi connectivity index (χ1n) is 9.45. The van der Waals surface area contributed by atoms with E-state index < -0.39 is 16.3 Å². The van der Waals surface area contributed by atoms with Crippen LogP contribution in [0, 0.1) is 5.92 Å². The highest BCUT2D eigenvalue weighted by atomic mass is 32.2. The number of piperidine rings is 1. The zero-order chi connectivity index (χ0) is 18.6. The summed E-state index contributed by atoms with van der Waals surface area (Å²) in [7, 11) is -0.351. The molecule has 2 rings (SSSR count). The number of aliphatic hydroxyl groups is 1. The minimum atomic E-state index is -3.41. The summed E-state index contributed by atoms with van der Waals surface area (Å²) in [6.45, 7) is 3.47. The molecule has 0 aromatic heterocycles. The molecule has 1 aliphatic carbocycles. The molecular weight excluding hydrogens is 342 g/mol. The zero-order valence-corrected chi connectivity index (χ0v) is 16.5. The van der Waals surface area contributed by atoms with Gasteiger partial charge in [0.1, 0.15) is 0 Å². The standard InChI is InChI=1S/C17H33N3O4S/c1-4-11-20(15-7-5-6-8-16(15)21)17(22)14-9-12-19(13-10-14)25(23,24)18(2)3/h14-16,21H,4-13H2,1-3H3/t15-,16-/m0/s1. The highest BCUT2D eigenvalue weighted by molar-refractivity contribution is 7.86. The van der Waals surface area contributed by atoms with Crippen LogP contribution in [-0.4, -0.2) is 78.8 Å². The van der Waals surface area contributed by atoms with Crippen molar-refractivity contribution in [2.24, 2.45) is 5.92 Å². The Morgan fingerprint density at radius 3 is 2.24 bits per heavy atom. The molecule has 146 valence electrons. The fourth-order valence-electron chi connectivity index (χ4n) is 3.93. The minimum absolute atomic E-state index is 0.0789. The van der Waals surface area contributed by atoms with Gasteiger partial charge in [-0.3, -0.25) is 4.79 Å². The molecule has 1 N–H and O–H groups in total. The highest BCUT2D eigenvalue weighted by Crippen LogP contribution is 2.28. The molecule has 2 fully saturated rings. The highest BCUT2D eigenvalue weighted by Gasteiger charge is 2.37. The molecule has 7 nitrogen and oxygen atoms in total. The van der Waals surface area contributed by atoms with Crippen molar-refractivity contribution in [3.8, 4) is 0 Å². The average Bonchev–Trinajstić information content (AvgIpc) is 2.60. The van der Waals surface area contributed by atoms with Crippen LogP contribution in [0.2, 0.25) is 0 Å². The van der Waals surface area contributed by atoms with E-state index in [1.807, 2.05) is 11.8 Å². The van der Waals surface area contributed by atoms with Gasteiger partial charge in [-0.2, -0.15) is 17.0 Å². The van der Waals surface area contributed by atoms with Gasteiger partial charge in [0, 0.05) is 39.6 Å². The Morgan fingerprint density at radius 2 is 1.72 bits per heavy atom. The maximum Gasteiger partial charge on any atom is 0.281 e. The molecule has 1 saturated heterocycles. The maximum atomic E-state index is 13.1. The molecule has 0 aromatic rings. The lowest BCUT2D eigenvalue weighted by Gasteiger charge is -2.41. The van der Waals surface area contributed by atoms with E-state index in [1.165, 1.54) is 22.7 Å². The Balaban J connectivity index is 2.01.